The highest BCUT2D eigenvalue weighted by Crippen LogP contribution is 2.29. The van der Waals surface area contributed by atoms with Crippen LogP contribution < -0.4 is 4.74 Å². The van der Waals surface area contributed by atoms with Crippen LogP contribution in [0.5, 0.6) is 17.2 Å². The smallest absolute Gasteiger partial charge is 0.243 e. The minimum absolute atomic E-state index is 0.0966. The van der Waals surface area contributed by atoms with E-state index in [1.807, 2.05) is 0 Å². The summed E-state index contributed by atoms with van der Waals surface area (Å²) in [5.41, 5.74) is 0.694. The zero-order chi connectivity index (χ0) is 19.4. The molecule has 0 aliphatic heterocycles. The van der Waals surface area contributed by atoms with Gasteiger partial charge in [0.25, 0.3) is 0 Å². The molecule has 0 spiro atoms. The number of rotatable bonds is 6. The molecule has 0 fully saturated rings. The zero-order valence-corrected chi connectivity index (χ0v) is 16.1. The van der Waals surface area contributed by atoms with Gasteiger partial charge in [-0.3, -0.25) is 0 Å². The van der Waals surface area contributed by atoms with Gasteiger partial charge in [0.2, 0.25) is 10.0 Å². The lowest BCUT2D eigenvalue weighted by Gasteiger charge is -2.17. The molecule has 140 valence electrons. The summed E-state index contributed by atoms with van der Waals surface area (Å²) in [5, 5.41) is 10.00. The number of sulfonamides is 1. The number of para-hydroxylation sites is 1. The number of aromatic hydroxyl groups is 1. The van der Waals surface area contributed by atoms with Crippen LogP contribution in [-0.4, -0.2) is 24.9 Å². The molecule has 0 heterocycles. The topological polar surface area (TPSA) is 66.8 Å². The number of nitrogens with zero attached hydrogens (tertiary/aromatic N) is 1. The fourth-order valence-corrected chi connectivity index (χ4v) is 3.84. The maximum absolute atomic E-state index is 12.7. The van der Waals surface area contributed by atoms with Gasteiger partial charge in [-0.1, -0.05) is 35.9 Å². The summed E-state index contributed by atoms with van der Waals surface area (Å²) in [6, 6.07) is 19.7. The third-order valence-corrected chi connectivity index (χ3v) is 6.04. The quantitative estimate of drug-likeness (QED) is 0.650. The van der Waals surface area contributed by atoms with Crippen LogP contribution >= 0.6 is 11.6 Å². The van der Waals surface area contributed by atoms with Crippen molar-refractivity contribution in [3.63, 3.8) is 0 Å². The summed E-state index contributed by atoms with van der Waals surface area (Å²) in [6.45, 7) is 0.147. The number of phenolic OH excluding ortho intramolecular Hbond substituents is 1. The molecule has 0 unspecified atom stereocenters. The molecule has 1 N–H and O–H groups in total. The predicted molar refractivity (Wildman–Crippen MR) is 105 cm³/mol. The van der Waals surface area contributed by atoms with E-state index >= 15 is 0 Å². The summed E-state index contributed by atoms with van der Waals surface area (Å²) >= 11 is 6.06. The minimum atomic E-state index is -3.68. The van der Waals surface area contributed by atoms with Gasteiger partial charge in [-0.25, -0.2) is 8.42 Å². The highest BCUT2D eigenvalue weighted by Gasteiger charge is 2.21. The SMILES string of the molecule is CN(Cc1cccc(O)c1)S(=O)(=O)c1ccc(Oc2ccccc2Cl)cc1. The van der Waals surface area contributed by atoms with Gasteiger partial charge in [-0.05, 0) is 54.1 Å². The first-order chi connectivity index (χ1) is 12.9. The molecule has 0 aromatic heterocycles. The maximum atomic E-state index is 12.7. The molecular formula is C20H18ClNO4S. The monoisotopic (exact) mass is 403 g/mol. The first-order valence-corrected chi connectivity index (χ1v) is 9.95. The van der Waals surface area contributed by atoms with Crippen molar-refractivity contribution >= 4 is 21.6 Å². The molecule has 5 nitrogen and oxygen atoms in total. The van der Waals surface area contributed by atoms with Crippen molar-refractivity contribution in [1.29, 1.82) is 0 Å². The third kappa shape index (κ3) is 4.60. The summed E-state index contributed by atoms with van der Waals surface area (Å²) in [5.74, 6) is 1.08. The van der Waals surface area contributed by atoms with Crippen LogP contribution in [-0.2, 0) is 16.6 Å². The molecule has 0 radical (unpaired) electrons. The summed E-state index contributed by atoms with van der Waals surface area (Å²) in [7, 11) is -2.18. The lowest BCUT2D eigenvalue weighted by Crippen LogP contribution is -2.26. The fraction of sp³-hybridized carbons (Fsp3) is 0.100. The van der Waals surface area contributed by atoms with Gasteiger partial charge in [-0.2, -0.15) is 4.31 Å². The average molecular weight is 404 g/mol. The molecule has 0 atom stereocenters. The van der Waals surface area contributed by atoms with E-state index in [0.717, 1.165) is 0 Å². The van der Waals surface area contributed by atoms with Crippen LogP contribution in [0.4, 0.5) is 0 Å². The number of hydrogen-bond acceptors (Lipinski definition) is 4. The number of phenols is 1. The number of halogens is 1. The van der Waals surface area contributed by atoms with Crippen molar-refractivity contribution in [3.8, 4) is 17.2 Å². The summed E-state index contributed by atoms with van der Waals surface area (Å²) in [4.78, 5) is 0.150. The fourth-order valence-electron chi connectivity index (χ4n) is 2.51. The van der Waals surface area contributed by atoms with Gasteiger partial charge in [0.15, 0.2) is 0 Å². The molecule has 3 rings (SSSR count). The van der Waals surface area contributed by atoms with E-state index in [4.69, 9.17) is 16.3 Å². The van der Waals surface area contributed by atoms with Crippen molar-refractivity contribution in [2.45, 2.75) is 11.4 Å². The Balaban J connectivity index is 1.75. The van der Waals surface area contributed by atoms with Crippen molar-refractivity contribution in [2.75, 3.05) is 7.05 Å². The van der Waals surface area contributed by atoms with Crippen LogP contribution in [0.25, 0.3) is 0 Å². The van der Waals surface area contributed by atoms with Crippen LogP contribution in [0.15, 0.2) is 77.7 Å². The zero-order valence-electron chi connectivity index (χ0n) is 14.5. The van der Waals surface area contributed by atoms with Gasteiger partial charge >= 0.3 is 0 Å². The van der Waals surface area contributed by atoms with Crippen molar-refractivity contribution < 1.29 is 18.3 Å². The summed E-state index contributed by atoms with van der Waals surface area (Å²) < 4.78 is 32.4. The molecule has 3 aromatic rings. The van der Waals surface area contributed by atoms with E-state index in [2.05, 4.69) is 0 Å². The van der Waals surface area contributed by atoms with Gasteiger partial charge in [0, 0.05) is 13.6 Å². The van der Waals surface area contributed by atoms with Gasteiger partial charge in [-0.15, -0.1) is 0 Å². The van der Waals surface area contributed by atoms with E-state index in [9.17, 15) is 13.5 Å². The first-order valence-electron chi connectivity index (χ1n) is 8.13. The normalized spacial score (nSPS) is 11.5. The number of benzene rings is 3. The number of ether oxygens (including phenoxy) is 1. The highest BCUT2D eigenvalue weighted by atomic mass is 35.5. The Kier molecular flexibility index (Phi) is 5.70. The summed E-state index contributed by atoms with van der Waals surface area (Å²) in [6.07, 6.45) is 0. The largest absolute Gasteiger partial charge is 0.508 e. The van der Waals surface area contributed by atoms with E-state index in [1.54, 1.807) is 48.5 Å². The molecule has 0 aliphatic rings. The number of hydrogen-bond donors (Lipinski definition) is 1. The lowest BCUT2D eigenvalue weighted by molar-refractivity contribution is 0.457. The Morgan fingerprint density at radius 3 is 2.37 bits per heavy atom. The molecule has 0 bridgehead atoms. The highest BCUT2D eigenvalue weighted by molar-refractivity contribution is 7.89. The standard InChI is InChI=1S/C20H18ClNO4S/c1-22(14-15-5-4-6-16(23)13-15)27(24,25)18-11-9-17(10-12-18)26-20-8-3-2-7-19(20)21/h2-13,23H,14H2,1H3. The Bertz CT molecular complexity index is 1040. The molecule has 27 heavy (non-hydrogen) atoms. The van der Waals surface area contributed by atoms with E-state index in [-0.39, 0.29) is 17.2 Å². The van der Waals surface area contributed by atoms with E-state index in [1.165, 1.54) is 35.6 Å². The lowest BCUT2D eigenvalue weighted by atomic mass is 10.2. The second kappa shape index (κ2) is 8.00. The Labute approximate surface area is 163 Å². The van der Waals surface area contributed by atoms with Crippen LogP contribution in [0, 0.1) is 0 Å². The van der Waals surface area contributed by atoms with Crippen LogP contribution in [0.1, 0.15) is 5.56 Å². The van der Waals surface area contributed by atoms with Crippen molar-refractivity contribution in [1.82, 2.24) is 4.31 Å². The van der Waals surface area contributed by atoms with Gasteiger partial charge in [0.1, 0.15) is 17.2 Å². The van der Waals surface area contributed by atoms with Crippen LogP contribution in [0.2, 0.25) is 5.02 Å². The second-order valence-corrected chi connectivity index (χ2v) is 8.39. The molecule has 0 aliphatic carbocycles. The van der Waals surface area contributed by atoms with E-state index < -0.39 is 10.0 Å². The Morgan fingerprint density at radius 2 is 1.70 bits per heavy atom. The molecule has 0 saturated heterocycles. The van der Waals surface area contributed by atoms with Crippen molar-refractivity contribution in [3.05, 3.63) is 83.4 Å². The second-order valence-electron chi connectivity index (χ2n) is 5.93. The van der Waals surface area contributed by atoms with Gasteiger partial charge in [0.05, 0.1) is 9.92 Å². The molecule has 7 heteroatoms. The minimum Gasteiger partial charge on any atom is -0.508 e. The predicted octanol–water partition coefficient (Wildman–Crippen LogP) is 4.66. The maximum Gasteiger partial charge on any atom is 0.243 e. The average Bonchev–Trinajstić information content (AvgIpc) is 2.64. The first kappa shape index (κ1) is 19.2. The van der Waals surface area contributed by atoms with Crippen LogP contribution in [0.3, 0.4) is 0 Å². The van der Waals surface area contributed by atoms with Crippen molar-refractivity contribution in [2.24, 2.45) is 0 Å². The van der Waals surface area contributed by atoms with Gasteiger partial charge < -0.3 is 9.84 Å². The molecule has 0 saturated carbocycles. The van der Waals surface area contributed by atoms with E-state index in [0.29, 0.717) is 22.1 Å². The Hall–Kier alpha value is -2.54. The Morgan fingerprint density at radius 1 is 1.00 bits per heavy atom. The molecule has 3 aromatic carbocycles. The molecule has 0 amide bonds. The third-order valence-electron chi connectivity index (χ3n) is 3.91. The molecular weight excluding hydrogens is 386 g/mol.